The molecule has 0 aromatic heterocycles. The van der Waals surface area contributed by atoms with E-state index in [0.717, 1.165) is 19.4 Å². The van der Waals surface area contributed by atoms with Gasteiger partial charge in [-0.1, -0.05) is 13.0 Å². The third-order valence-corrected chi connectivity index (χ3v) is 4.18. The highest BCUT2D eigenvalue weighted by Gasteiger charge is 2.36. The van der Waals surface area contributed by atoms with Gasteiger partial charge in [-0.25, -0.2) is 0 Å². The third kappa shape index (κ3) is 3.51. The molecule has 5 heteroatoms. The van der Waals surface area contributed by atoms with Crippen molar-refractivity contribution >= 4 is 5.69 Å². The molecule has 0 amide bonds. The molecule has 0 unspecified atom stereocenters. The average Bonchev–Trinajstić information content (AvgIpc) is 2.75. The van der Waals surface area contributed by atoms with Crippen LogP contribution in [0.25, 0.3) is 0 Å². The molecule has 0 bridgehead atoms. The van der Waals surface area contributed by atoms with Crippen molar-refractivity contribution in [3.05, 3.63) is 29.3 Å². The van der Waals surface area contributed by atoms with Gasteiger partial charge in [0, 0.05) is 24.3 Å². The first kappa shape index (κ1) is 16.1. The van der Waals surface area contributed by atoms with E-state index in [-0.39, 0.29) is 12.1 Å². The molecule has 1 saturated heterocycles. The summed E-state index contributed by atoms with van der Waals surface area (Å²) in [6.45, 7) is 7.76. The predicted octanol–water partition coefficient (Wildman–Crippen LogP) is 4.19. The zero-order chi connectivity index (χ0) is 15.7. The highest BCUT2D eigenvalue weighted by atomic mass is 19.4. The van der Waals surface area contributed by atoms with Crippen LogP contribution in [0, 0.1) is 0 Å². The highest BCUT2D eigenvalue weighted by molar-refractivity contribution is 5.54. The Morgan fingerprint density at radius 3 is 2.52 bits per heavy atom. The van der Waals surface area contributed by atoms with Crippen molar-refractivity contribution in [2.45, 2.75) is 51.9 Å². The van der Waals surface area contributed by atoms with Gasteiger partial charge in [0.25, 0.3) is 0 Å². The van der Waals surface area contributed by atoms with E-state index < -0.39 is 11.7 Å². The summed E-state index contributed by atoms with van der Waals surface area (Å²) in [5.41, 5.74) is 0.380. The van der Waals surface area contributed by atoms with Crippen LogP contribution >= 0.6 is 0 Å². The van der Waals surface area contributed by atoms with Gasteiger partial charge in [-0.05, 0) is 50.9 Å². The molecule has 21 heavy (non-hydrogen) atoms. The zero-order valence-corrected chi connectivity index (χ0v) is 12.8. The summed E-state index contributed by atoms with van der Waals surface area (Å²) in [6.07, 6.45) is -2.29. The fraction of sp³-hybridized carbons (Fsp3) is 0.625. The lowest BCUT2D eigenvalue weighted by Crippen LogP contribution is -2.38. The van der Waals surface area contributed by atoms with E-state index in [0.29, 0.717) is 17.8 Å². The molecule has 0 radical (unpaired) electrons. The van der Waals surface area contributed by atoms with Crippen LogP contribution in [0.4, 0.5) is 18.9 Å². The maximum absolute atomic E-state index is 13.3. The van der Waals surface area contributed by atoms with Crippen LogP contribution in [0.3, 0.4) is 0 Å². The Kier molecular flexibility index (Phi) is 4.51. The maximum atomic E-state index is 13.3. The summed E-state index contributed by atoms with van der Waals surface area (Å²) >= 11 is 0. The molecule has 2 nitrogen and oxygen atoms in total. The Labute approximate surface area is 124 Å². The van der Waals surface area contributed by atoms with Gasteiger partial charge in [0.05, 0.1) is 5.56 Å². The second kappa shape index (κ2) is 5.87. The number of anilines is 1. The Bertz CT molecular complexity index is 495. The van der Waals surface area contributed by atoms with Gasteiger partial charge in [0.2, 0.25) is 0 Å². The topological polar surface area (TPSA) is 15.3 Å². The van der Waals surface area contributed by atoms with Crippen molar-refractivity contribution in [2.24, 2.45) is 0 Å². The van der Waals surface area contributed by atoms with Crippen LogP contribution in [0.5, 0.6) is 0 Å². The van der Waals surface area contributed by atoms with E-state index in [9.17, 15) is 13.2 Å². The summed E-state index contributed by atoms with van der Waals surface area (Å²) in [4.78, 5) is 2.08. The van der Waals surface area contributed by atoms with Crippen molar-refractivity contribution in [2.75, 3.05) is 18.0 Å². The fourth-order valence-corrected chi connectivity index (χ4v) is 3.00. The number of benzene rings is 1. The van der Waals surface area contributed by atoms with Gasteiger partial charge in [0.1, 0.15) is 0 Å². The lowest BCUT2D eigenvalue weighted by Gasteiger charge is -2.34. The lowest BCUT2D eigenvalue weighted by atomic mass is 10.00. The Morgan fingerprint density at radius 2 is 2.00 bits per heavy atom. The normalized spacial score (nSPS) is 18.3. The number of hydrogen-bond acceptors (Lipinski definition) is 2. The molecule has 1 fully saturated rings. The van der Waals surface area contributed by atoms with Gasteiger partial charge in [-0.15, -0.1) is 0 Å². The molecule has 2 rings (SSSR count). The number of rotatable bonds is 4. The summed E-state index contributed by atoms with van der Waals surface area (Å²) in [7, 11) is 0. The Morgan fingerprint density at radius 1 is 1.29 bits per heavy atom. The van der Waals surface area contributed by atoms with Gasteiger partial charge < -0.3 is 10.2 Å². The second-order valence-corrected chi connectivity index (χ2v) is 6.19. The van der Waals surface area contributed by atoms with E-state index in [1.165, 1.54) is 6.07 Å². The van der Waals surface area contributed by atoms with Crippen molar-refractivity contribution in [1.29, 1.82) is 0 Å². The van der Waals surface area contributed by atoms with Crippen LogP contribution in [0.2, 0.25) is 0 Å². The molecule has 0 aliphatic carbocycles. The average molecular weight is 300 g/mol. The lowest BCUT2D eigenvalue weighted by molar-refractivity contribution is -0.138. The van der Waals surface area contributed by atoms with Gasteiger partial charge in [-0.3, -0.25) is 0 Å². The minimum absolute atomic E-state index is 0.0773. The van der Waals surface area contributed by atoms with Crippen LogP contribution < -0.4 is 10.2 Å². The molecule has 0 spiro atoms. The van der Waals surface area contributed by atoms with Crippen molar-refractivity contribution in [3.63, 3.8) is 0 Å². The summed E-state index contributed by atoms with van der Waals surface area (Å²) < 4.78 is 39.9. The van der Waals surface area contributed by atoms with Crippen LogP contribution in [0.1, 0.15) is 44.7 Å². The largest absolute Gasteiger partial charge is 0.416 e. The number of hydrogen-bond donors (Lipinski definition) is 1. The molecule has 1 aliphatic rings. The number of halogens is 3. The summed E-state index contributed by atoms with van der Waals surface area (Å²) in [6, 6.07) is 4.73. The molecule has 1 aromatic rings. The molecular weight excluding hydrogens is 277 g/mol. The first-order valence-electron chi connectivity index (χ1n) is 7.44. The number of nitrogens with one attached hydrogen (secondary N) is 1. The van der Waals surface area contributed by atoms with Crippen LogP contribution in [-0.4, -0.2) is 18.6 Å². The molecular formula is C16H23F3N2. The highest BCUT2D eigenvalue weighted by Crippen LogP contribution is 2.38. The monoisotopic (exact) mass is 300 g/mol. The van der Waals surface area contributed by atoms with E-state index in [2.05, 4.69) is 24.1 Å². The van der Waals surface area contributed by atoms with Gasteiger partial charge >= 0.3 is 6.18 Å². The van der Waals surface area contributed by atoms with E-state index >= 15 is 0 Å². The van der Waals surface area contributed by atoms with Gasteiger partial charge in [-0.2, -0.15) is 13.2 Å². The van der Waals surface area contributed by atoms with E-state index in [4.69, 9.17) is 0 Å². The van der Waals surface area contributed by atoms with Crippen molar-refractivity contribution in [1.82, 2.24) is 5.32 Å². The standard InChI is InChI=1S/C16H23F3N2/c1-4-20-11-12-6-7-13(10-14(12)16(17,18)19)21-9-5-8-15(21,2)3/h6-7,10,20H,4-5,8-9,11H2,1-3H3. The third-order valence-electron chi connectivity index (χ3n) is 4.18. The summed E-state index contributed by atoms with van der Waals surface area (Å²) in [5, 5.41) is 2.97. The molecule has 0 atom stereocenters. The van der Waals surface area contributed by atoms with Gasteiger partial charge in [0.15, 0.2) is 0 Å². The van der Waals surface area contributed by atoms with Crippen LogP contribution in [0.15, 0.2) is 18.2 Å². The maximum Gasteiger partial charge on any atom is 0.416 e. The summed E-state index contributed by atoms with van der Waals surface area (Å²) in [5.74, 6) is 0. The SMILES string of the molecule is CCNCc1ccc(N2CCCC2(C)C)cc1C(F)(F)F. The molecule has 1 aliphatic heterocycles. The molecule has 0 saturated carbocycles. The molecule has 1 N–H and O–H groups in total. The fourth-order valence-electron chi connectivity index (χ4n) is 3.00. The molecule has 118 valence electrons. The zero-order valence-electron chi connectivity index (χ0n) is 12.8. The second-order valence-electron chi connectivity index (χ2n) is 6.19. The molecule has 1 aromatic carbocycles. The predicted molar refractivity (Wildman–Crippen MR) is 79.5 cm³/mol. The first-order chi connectivity index (χ1) is 9.75. The minimum atomic E-state index is -4.31. The number of alkyl halides is 3. The Hall–Kier alpha value is -1.23. The number of nitrogens with zero attached hydrogens (tertiary/aromatic N) is 1. The van der Waals surface area contributed by atoms with E-state index in [1.807, 2.05) is 13.0 Å². The van der Waals surface area contributed by atoms with Crippen molar-refractivity contribution in [3.8, 4) is 0 Å². The van der Waals surface area contributed by atoms with Crippen molar-refractivity contribution < 1.29 is 13.2 Å². The first-order valence-corrected chi connectivity index (χ1v) is 7.44. The minimum Gasteiger partial charge on any atom is -0.366 e. The molecule has 1 heterocycles. The Balaban J connectivity index is 2.37. The smallest absolute Gasteiger partial charge is 0.366 e. The quantitative estimate of drug-likeness (QED) is 0.897. The van der Waals surface area contributed by atoms with E-state index in [1.54, 1.807) is 6.07 Å². The van der Waals surface area contributed by atoms with Crippen LogP contribution in [-0.2, 0) is 12.7 Å².